The third-order valence-electron chi connectivity index (χ3n) is 2.82. The highest BCUT2D eigenvalue weighted by Crippen LogP contribution is 2.40. The summed E-state index contributed by atoms with van der Waals surface area (Å²) in [6, 6.07) is 9.98. The van der Waals surface area contributed by atoms with Crippen molar-refractivity contribution >= 4 is 46.1 Å². The summed E-state index contributed by atoms with van der Waals surface area (Å²) in [5.74, 6) is 0. The number of alkyl halides is 1. The molecule has 1 unspecified atom stereocenters. The van der Waals surface area contributed by atoms with Gasteiger partial charge in [0, 0.05) is 12.7 Å². The number of ether oxygens (including phenoxy) is 1. The SMILES string of the molecule is COCCc1ccc(C(Cl)c2cc(Cl)sc2Cl)cc1. The van der Waals surface area contributed by atoms with Gasteiger partial charge < -0.3 is 4.74 Å². The molecule has 0 radical (unpaired) electrons. The Morgan fingerprint density at radius 3 is 2.42 bits per heavy atom. The Morgan fingerprint density at radius 2 is 1.89 bits per heavy atom. The lowest BCUT2D eigenvalue weighted by Gasteiger charge is -2.10. The molecule has 0 fully saturated rings. The molecule has 1 aromatic heterocycles. The molecule has 2 aromatic rings. The lowest BCUT2D eigenvalue weighted by atomic mass is 10.0. The smallest absolute Gasteiger partial charge is 0.0994 e. The number of halogens is 3. The van der Waals surface area contributed by atoms with Gasteiger partial charge in [0.15, 0.2) is 0 Å². The van der Waals surface area contributed by atoms with Crippen LogP contribution in [0.4, 0.5) is 0 Å². The third kappa shape index (κ3) is 3.87. The van der Waals surface area contributed by atoms with Gasteiger partial charge in [-0.1, -0.05) is 47.5 Å². The van der Waals surface area contributed by atoms with Crippen LogP contribution < -0.4 is 0 Å². The maximum atomic E-state index is 6.45. The van der Waals surface area contributed by atoms with Crippen LogP contribution in [0.1, 0.15) is 22.1 Å². The molecule has 0 amide bonds. The summed E-state index contributed by atoms with van der Waals surface area (Å²) in [4.78, 5) is 0. The Kier molecular flexibility index (Phi) is 5.55. The van der Waals surface area contributed by atoms with Crippen LogP contribution in [0.3, 0.4) is 0 Å². The van der Waals surface area contributed by atoms with E-state index in [1.54, 1.807) is 7.11 Å². The van der Waals surface area contributed by atoms with Gasteiger partial charge in [-0.3, -0.25) is 0 Å². The maximum Gasteiger partial charge on any atom is 0.0994 e. The summed E-state index contributed by atoms with van der Waals surface area (Å²) in [5, 5.41) is -0.271. The van der Waals surface area contributed by atoms with Crippen LogP contribution in [0, 0.1) is 0 Å². The van der Waals surface area contributed by atoms with Crippen LogP contribution >= 0.6 is 46.1 Å². The number of thiophene rings is 1. The van der Waals surface area contributed by atoms with Crippen molar-refractivity contribution in [3.05, 3.63) is 55.7 Å². The maximum absolute atomic E-state index is 6.45. The Labute approximate surface area is 132 Å². The monoisotopic (exact) mass is 334 g/mol. The second kappa shape index (κ2) is 6.96. The van der Waals surface area contributed by atoms with E-state index in [2.05, 4.69) is 12.1 Å². The predicted molar refractivity (Wildman–Crippen MR) is 84.1 cm³/mol. The highest BCUT2D eigenvalue weighted by atomic mass is 35.5. The van der Waals surface area contributed by atoms with Crippen molar-refractivity contribution in [1.82, 2.24) is 0 Å². The highest BCUT2D eigenvalue weighted by Gasteiger charge is 2.17. The van der Waals surface area contributed by atoms with Crippen molar-refractivity contribution in [1.29, 1.82) is 0 Å². The molecule has 1 nitrogen and oxygen atoms in total. The van der Waals surface area contributed by atoms with Gasteiger partial charge in [0.05, 0.1) is 20.7 Å². The summed E-state index contributed by atoms with van der Waals surface area (Å²) < 4.78 is 6.36. The number of benzene rings is 1. The molecule has 5 heteroatoms. The number of methoxy groups -OCH3 is 1. The average molecular weight is 336 g/mol. The van der Waals surface area contributed by atoms with Crippen molar-refractivity contribution in [2.24, 2.45) is 0 Å². The van der Waals surface area contributed by atoms with Crippen LogP contribution in [0.15, 0.2) is 30.3 Å². The number of hydrogen-bond donors (Lipinski definition) is 0. The Hall–Kier alpha value is -0.250. The fourth-order valence-electron chi connectivity index (χ4n) is 1.78. The van der Waals surface area contributed by atoms with E-state index in [-0.39, 0.29) is 5.38 Å². The zero-order valence-electron chi connectivity index (χ0n) is 10.3. The molecule has 1 heterocycles. The molecule has 0 aliphatic rings. The standard InChI is InChI=1S/C14H13Cl3OS/c1-18-7-6-9-2-4-10(5-3-9)13(16)11-8-12(15)19-14(11)17/h2-5,8,13H,6-7H2,1H3. The van der Waals surface area contributed by atoms with Gasteiger partial charge in [0.2, 0.25) is 0 Å². The van der Waals surface area contributed by atoms with Crippen molar-refractivity contribution in [2.75, 3.05) is 13.7 Å². The second-order valence-corrected chi connectivity index (χ2v) is 6.85. The Bertz CT molecular complexity index is 536. The molecule has 0 N–H and O–H groups in total. The van der Waals surface area contributed by atoms with Gasteiger partial charge in [-0.2, -0.15) is 0 Å². The second-order valence-electron chi connectivity index (χ2n) is 4.13. The molecule has 1 atom stereocenters. The summed E-state index contributed by atoms with van der Waals surface area (Å²) in [6.07, 6.45) is 0.898. The summed E-state index contributed by atoms with van der Waals surface area (Å²) in [5.41, 5.74) is 3.10. The fourth-order valence-corrected chi connectivity index (χ4v) is 3.75. The van der Waals surface area contributed by atoms with E-state index in [1.165, 1.54) is 16.9 Å². The minimum absolute atomic E-state index is 0.271. The molecular formula is C14H13Cl3OS. The molecule has 102 valence electrons. The van der Waals surface area contributed by atoms with E-state index in [0.29, 0.717) is 8.67 Å². The van der Waals surface area contributed by atoms with Crippen LogP contribution in [-0.4, -0.2) is 13.7 Å². The molecular weight excluding hydrogens is 323 g/mol. The van der Waals surface area contributed by atoms with Crippen molar-refractivity contribution in [2.45, 2.75) is 11.8 Å². The third-order valence-corrected chi connectivity index (χ3v) is 4.83. The molecule has 0 saturated heterocycles. The van der Waals surface area contributed by atoms with Crippen molar-refractivity contribution in [3.63, 3.8) is 0 Å². The van der Waals surface area contributed by atoms with Gasteiger partial charge in [-0.25, -0.2) is 0 Å². The summed E-state index contributed by atoms with van der Waals surface area (Å²) in [7, 11) is 1.70. The van der Waals surface area contributed by atoms with Gasteiger partial charge in [0.1, 0.15) is 0 Å². The molecule has 2 rings (SSSR count). The number of rotatable bonds is 5. The van der Waals surface area contributed by atoms with E-state index in [0.717, 1.165) is 24.2 Å². The van der Waals surface area contributed by atoms with Gasteiger partial charge in [-0.15, -0.1) is 22.9 Å². The molecule has 19 heavy (non-hydrogen) atoms. The molecule has 1 aromatic carbocycles. The van der Waals surface area contributed by atoms with Crippen LogP contribution in [0.2, 0.25) is 8.67 Å². The molecule has 0 spiro atoms. The van der Waals surface area contributed by atoms with E-state index >= 15 is 0 Å². The van der Waals surface area contributed by atoms with E-state index < -0.39 is 0 Å². The topological polar surface area (TPSA) is 9.23 Å². The first-order valence-electron chi connectivity index (χ1n) is 5.78. The van der Waals surface area contributed by atoms with Crippen LogP contribution in [-0.2, 0) is 11.2 Å². The van der Waals surface area contributed by atoms with E-state index in [4.69, 9.17) is 39.5 Å². The lowest BCUT2D eigenvalue weighted by Crippen LogP contribution is -1.96. The first kappa shape index (κ1) is 15.1. The Morgan fingerprint density at radius 1 is 1.21 bits per heavy atom. The van der Waals surface area contributed by atoms with E-state index in [9.17, 15) is 0 Å². The van der Waals surface area contributed by atoms with Crippen molar-refractivity contribution < 1.29 is 4.74 Å². The molecule has 0 saturated carbocycles. The summed E-state index contributed by atoms with van der Waals surface area (Å²) >= 11 is 19.8. The van der Waals surface area contributed by atoms with E-state index in [1.807, 2.05) is 18.2 Å². The Balaban J connectivity index is 2.15. The van der Waals surface area contributed by atoms with Gasteiger partial charge in [-0.05, 0) is 23.6 Å². The van der Waals surface area contributed by atoms with Gasteiger partial charge in [0.25, 0.3) is 0 Å². The first-order chi connectivity index (χ1) is 9.11. The fraction of sp³-hybridized carbons (Fsp3) is 0.286. The number of hydrogen-bond acceptors (Lipinski definition) is 2. The quantitative estimate of drug-likeness (QED) is 0.649. The minimum atomic E-state index is -0.271. The first-order valence-corrected chi connectivity index (χ1v) is 7.79. The van der Waals surface area contributed by atoms with Crippen LogP contribution in [0.25, 0.3) is 0 Å². The normalized spacial score (nSPS) is 12.6. The zero-order valence-corrected chi connectivity index (χ0v) is 13.4. The predicted octanol–water partition coefficient (Wildman–Crippen LogP) is 5.57. The van der Waals surface area contributed by atoms with Gasteiger partial charge >= 0.3 is 0 Å². The lowest BCUT2D eigenvalue weighted by molar-refractivity contribution is 0.202. The average Bonchev–Trinajstić information content (AvgIpc) is 2.75. The molecule has 0 aliphatic heterocycles. The summed E-state index contributed by atoms with van der Waals surface area (Å²) in [6.45, 7) is 0.718. The minimum Gasteiger partial charge on any atom is -0.384 e. The highest BCUT2D eigenvalue weighted by molar-refractivity contribution is 7.20. The molecule has 0 bridgehead atoms. The zero-order chi connectivity index (χ0) is 13.8. The largest absolute Gasteiger partial charge is 0.384 e. The van der Waals surface area contributed by atoms with Crippen LogP contribution in [0.5, 0.6) is 0 Å². The van der Waals surface area contributed by atoms with Crippen molar-refractivity contribution in [3.8, 4) is 0 Å². The molecule has 0 aliphatic carbocycles.